The molecule has 49 heavy (non-hydrogen) atoms. The Morgan fingerprint density at radius 2 is 0.837 bits per heavy atom. The Bertz CT molecular complexity index is 943. The molecule has 0 unspecified atom stereocenters. The van der Waals surface area contributed by atoms with E-state index in [1.807, 2.05) is 0 Å². The third-order valence-corrected chi connectivity index (χ3v) is 7.07. The fourth-order valence-corrected chi connectivity index (χ4v) is 5.21. The highest BCUT2D eigenvalue weighted by molar-refractivity contribution is 5.85. The third-order valence-electron chi connectivity index (χ3n) is 7.07. The number of carbonyl (C=O) groups excluding carboxylic acids is 2. The standard InChI is InChI=1S/C15H30N6O6.C12H22N4O6/c1-24-9-19(5-7-22)13-16-14(20(6-8-23)10-25-2)18-15(17-13)21(11-26-3)12-27-4;1-21-7-15-10-9(13(3-5-17)11(15)19)14(4-6-18)12(20)16(10)8-22-2/h22-23H,5-12H2,1-4H3;9-10,17-18H,3-8H2,1-2H3. The van der Waals surface area contributed by atoms with Crippen LogP contribution in [-0.2, 0) is 28.4 Å². The summed E-state index contributed by atoms with van der Waals surface area (Å²) in [5, 5.41) is 37.1. The molecule has 2 aliphatic rings. The van der Waals surface area contributed by atoms with E-state index in [4.69, 9.17) is 28.4 Å². The number of nitrogens with zero attached hydrogens (tertiary/aromatic N) is 10. The van der Waals surface area contributed by atoms with Crippen molar-refractivity contribution in [3.8, 4) is 0 Å². The van der Waals surface area contributed by atoms with E-state index in [9.17, 15) is 30.0 Å². The molecule has 0 saturated carbocycles. The van der Waals surface area contributed by atoms with E-state index in [1.165, 1.54) is 33.8 Å². The van der Waals surface area contributed by atoms with Crippen LogP contribution in [0.15, 0.2) is 0 Å². The van der Waals surface area contributed by atoms with Gasteiger partial charge >= 0.3 is 12.1 Å². The second-order valence-corrected chi connectivity index (χ2v) is 10.4. The minimum absolute atomic E-state index is 0.0163. The van der Waals surface area contributed by atoms with Crippen molar-refractivity contribution in [2.24, 2.45) is 0 Å². The van der Waals surface area contributed by atoms with E-state index in [1.54, 1.807) is 43.1 Å². The largest absolute Gasteiger partial charge is 0.395 e. The molecular weight excluding hydrogens is 656 g/mol. The predicted octanol–water partition coefficient (Wildman–Crippen LogP) is -3.00. The summed E-state index contributed by atoms with van der Waals surface area (Å²) in [7, 11) is 9.10. The first kappa shape index (κ1) is 41.7. The first-order chi connectivity index (χ1) is 23.8. The second kappa shape index (κ2) is 22.3. The van der Waals surface area contributed by atoms with Gasteiger partial charge < -0.3 is 58.6 Å². The molecule has 22 heteroatoms. The number of hydrogen-bond acceptors (Lipinski definition) is 18. The number of methoxy groups -OCH3 is 6. The first-order valence-electron chi connectivity index (χ1n) is 15.3. The Kier molecular flexibility index (Phi) is 19.0. The zero-order valence-electron chi connectivity index (χ0n) is 29.1. The fraction of sp³-hybridized carbons (Fsp3) is 0.815. The van der Waals surface area contributed by atoms with Gasteiger partial charge in [0.05, 0.1) is 26.4 Å². The van der Waals surface area contributed by atoms with Crippen molar-refractivity contribution in [1.82, 2.24) is 34.6 Å². The molecule has 4 amide bonds. The number of aromatic nitrogens is 3. The molecular formula is C27H52N10O12. The summed E-state index contributed by atoms with van der Waals surface area (Å²) >= 11 is 0. The highest BCUT2D eigenvalue weighted by Gasteiger charge is 2.58. The second-order valence-electron chi connectivity index (χ2n) is 10.4. The topological polar surface area (TPSA) is 232 Å². The summed E-state index contributed by atoms with van der Waals surface area (Å²) in [6.45, 7) is 0.891. The number of fused-ring (bicyclic) bond motifs is 1. The lowest BCUT2D eigenvalue weighted by Gasteiger charge is -2.28. The summed E-state index contributed by atoms with van der Waals surface area (Å²) in [6.07, 6.45) is -1.18. The summed E-state index contributed by atoms with van der Waals surface area (Å²) in [5.74, 6) is 0.932. The zero-order valence-corrected chi connectivity index (χ0v) is 29.1. The molecule has 3 heterocycles. The van der Waals surface area contributed by atoms with Gasteiger partial charge in [-0.1, -0.05) is 0 Å². The van der Waals surface area contributed by atoms with Gasteiger partial charge in [-0.05, 0) is 0 Å². The van der Waals surface area contributed by atoms with Crippen LogP contribution >= 0.6 is 0 Å². The van der Waals surface area contributed by atoms with Gasteiger partial charge in [-0.2, -0.15) is 15.0 Å². The molecule has 2 fully saturated rings. The van der Waals surface area contributed by atoms with Crippen molar-refractivity contribution < 1.29 is 58.4 Å². The van der Waals surface area contributed by atoms with Gasteiger partial charge in [-0.15, -0.1) is 0 Å². The monoisotopic (exact) mass is 708 g/mol. The van der Waals surface area contributed by atoms with Crippen molar-refractivity contribution in [1.29, 1.82) is 0 Å². The molecule has 0 aromatic carbocycles. The van der Waals surface area contributed by atoms with E-state index < -0.39 is 12.3 Å². The van der Waals surface area contributed by atoms with E-state index in [2.05, 4.69) is 15.0 Å². The SMILES string of the molecule is COCN(CCO)c1nc(N(CCO)COC)nc(N(COC)COC)n1.COCN1C(=O)N(CCO)C2C1N(COC)C(=O)N2CCO. The van der Waals surface area contributed by atoms with E-state index in [0.717, 1.165) is 0 Å². The molecule has 3 rings (SSSR count). The highest BCUT2D eigenvalue weighted by atomic mass is 16.5. The number of anilines is 3. The summed E-state index contributed by atoms with van der Waals surface area (Å²) in [6, 6.07) is -0.662. The fourth-order valence-electron chi connectivity index (χ4n) is 5.21. The minimum atomic E-state index is -0.593. The molecule has 2 saturated heterocycles. The van der Waals surface area contributed by atoms with Crippen molar-refractivity contribution in [2.45, 2.75) is 12.3 Å². The smallest absolute Gasteiger partial charge is 0.325 e. The third kappa shape index (κ3) is 10.8. The Morgan fingerprint density at radius 1 is 0.510 bits per heavy atom. The van der Waals surface area contributed by atoms with Crippen LogP contribution in [0.5, 0.6) is 0 Å². The number of rotatable bonds is 23. The number of hydrogen-bond donors (Lipinski definition) is 4. The van der Waals surface area contributed by atoms with Crippen LogP contribution in [0.4, 0.5) is 27.4 Å². The van der Waals surface area contributed by atoms with Crippen molar-refractivity contribution in [2.75, 3.05) is 150 Å². The number of aliphatic hydroxyl groups is 4. The summed E-state index contributed by atoms with van der Waals surface area (Å²) < 4.78 is 30.8. The van der Waals surface area contributed by atoms with Crippen LogP contribution in [0.25, 0.3) is 0 Å². The van der Waals surface area contributed by atoms with Gasteiger partial charge in [-0.3, -0.25) is 24.5 Å². The Labute approximate surface area is 285 Å². The van der Waals surface area contributed by atoms with Gasteiger partial charge in [0, 0.05) is 68.8 Å². The van der Waals surface area contributed by atoms with Crippen LogP contribution in [-0.4, -0.2) is 215 Å². The Balaban J connectivity index is 0.000000347. The van der Waals surface area contributed by atoms with Gasteiger partial charge in [-0.25, -0.2) is 9.59 Å². The molecule has 0 radical (unpaired) electrons. The molecule has 0 atom stereocenters. The Morgan fingerprint density at radius 3 is 1.14 bits per heavy atom. The van der Waals surface area contributed by atoms with Crippen LogP contribution in [0.3, 0.4) is 0 Å². The van der Waals surface area contributed by atoms with E-state index in [-0.39, 0.29) is 105 Å². The van der Waals surface area contributed by atoms with E-state index in [0.29, 0.717) is 17.8 Å². The van der Waals surface area contributed by atoms with Gasteiger partial charge in [0.2, 0.25) is 17.8 Å². The molecule has 22 nitrogen and oxygen atoms in total. The van der Waals surface area contributed by atoms with Crippen LogP contribution in [0, 0.1) is 0 Å². The molecule has 2 aliphatic heterocycles. The maximum Gasteiger partial charge on any atom is 0.325 e. The molecule has 0 spiro atoms. The number of β-amino-alcohol motifs (C(OH)–C–C–N with tert-alkyl or cyclic N) is 2. The lowest BCUT2D eigenvalue weighted by Crippen LogP contribution is -2.48. The molecule has 1 aromatic rings. The lowest BCUT2D eigenvalue weighted by atomic mass is 10.3. The number of urea groups is 2. The molecule has 0 aliphatic carbocycles. The van der Waals surface area contributed by atoms with Gasteiger partial charge in [0.25, 0.3) is 0 Å². The zero-order chi connectivity index (χ0) is 36.3. The number of aliphatic hydroxyl groups excluding tert-OH is 4. The first-order valence-corrected chi connectivity index (χ1v) is 15.3. The minimum Gasteiger partial charge on any atom is -0.395 e. The van der Waals surface area contributed by atoms with Crippen LogP contribution in [0.1, 0.15) is 0 Å². The summed E-state index contributed by atoms with van der Waals surface area (Å²) in [4.78, 5) is 49.0. The van der Waals surface area contributed by atoms with E-state index >= 15 is 0 Å². The quantitative estimate of drug-likeness (QED) is 0.0830. The van der Waals surface area contributed by atoms with Crippen molar-refractivity contribution in [3.63, 3.8) is 0 Å². The maximum absolute atomic E-state index is 12.5. The average Bonchev–Trinajstić information content (AvgIpc) is 3.50. The average molecular weight is 709 g/mol. The normalized spacial score (nSPS) is 17.1. The van der Waals surface area contributed by atoms with Gasteiger partial charge in [0.15, 0.2) is 6.17 Å². The maximum atomic E-state index is 12.5. The number of carbonyl (C=O) groups is 2. The lowest BCUT2D eigenvalue weighted by molar-refractivity contribution is -0.00263. The molecule has 4 N–H and O–H groups in total. The predicted molar refractivity (Wildman–Crippen MR) is 172 cm³/mol. The van der Waals surface area contributed by atoms with Crippen LogP contribution < -0.4 is 14.7 Å². The summed E-state index contributed by atoms with van der Waals surface area (Å²) in [5.41, 5.74) is 0. The van der Waals surface area contributed by atoms with Crippen molar-refractivity contribution >= 4 is 29.9 Å². The van der Waals surface area contributed by atoms with Crippen LogP contribution in [0.2, 0.25) is 0 Å². The molecule has 0 bridgehead atoms. The van der Waals surface area contributed by atoms with Crippen molar-refractivity contribution in [3.05, 3.63) is 0 Å². The van der Waals surface area contributed by atoms with Gasteiger partial charge in [0.1, 0.15) is 46.6 Å². The Hall–Kier alpha value is -3.45. The highest BCUT2D eigenvalue weighted by Crippen LogP contribution is 2.34. The number of ether oxygens (including phenoxy) is 6. The molecule has 282 valence electrons. The molecule has 1 aromatic heterocycles. The number of amides is 4.